The maximum Gasteiger partial charge on any atom is 0.395 e. The molecule has 3 atom stereocenters. The van der Waals surface area contributed by atoms with Gasteiger partial charge in [-0.15, -0.1) is 0 Å². The Morgan fingerprint density at radius 2 is 1.84 bits per heavy atom. The van der Waals surface area contributed by atoms with E-state index in [1.165, 1.54) is 6.42 Å². The Balaban J connectivity index is 1.64. The SMILES string of the molecule is CC1CC12CCN([C@@H]1CCOC[C@H]1C(F)(F)F)CC2. The Morgan fingerprint density at radius 1 is 1.21 bits per heavy atom. The molecular formula is C14H22F3NO. The van der Waals surface area contributed by atoms with Crippen LogP contribution in [0.5, 0.6) is 0 Å². The lowest BCUT2D eigenvalue weighted by molar-refractivity contribution is -0.220. The number of alkyl halides is 3. The molecule has 1 spiro atoms. The number of ether oxygens (including phenoxy) is 1. The fraction of sp³-hybridized carbons (Fsp3) is 1.00. The van der Waals surface area contributed by atoms with Crippen LogP contribution >= 0.6 is 0 Å². The van der Waals surface area contributed by atoms with Crippen molar-refractivity contribution >= 4 is 0 Å². The van der Waals surface area contributed by atoms with Crippen molar-refractivity contribution in [1.82, 2.24) is 4.90 Å². The lowest BCUT2D eigenvalue weighted by atomic mass is 9.87. The zero-order valence-corrected chi connectivity index (χ0v) is 11.4. The highest BCUT2D eigenvalue weighted by molar-refractivity contribution is 5.03. The third-order valence-electron chi connectivity index (χ3n) is 5.60. The largest absolute Gasteiger partial charge is 0.395 e. The molecule has 2 nitrogen and oxygen atoms in total. The van der Waals surface area contributed by atoms with E-state index in [4.69, 9.17) is 4.74 Å². The number of nitrogens with zero attached hydrogens (tertiary/aromatic N) is 1. The average molecular weight is 277 g/mol. The molecule has 0 aromatic heterocycles. The third kappa shape index (κ3) is 2.51. The van der Waals surface area contributed by atoms with E-state index in [9.17, 15) is 13.2 Å². The number of rotatable bonds is 1. The van der Waals surface area contributed by atoms with Crippen LogP contribution in [0.2, 0.25) is 0 Å². The fourth-order valence-corrected chi connectivity index (χ4v) is 4.03. The highest BCUT2D eigenvalue weighted by Crippen LogP contribution is 2.59. The molecule has 1 saturated carbocycles. The number of hydrogen-bond donors (Lipinski definition) is 0. The van der Waals surface area contributed by atoms with Crippen molar-refractivity contribution in [2.75, 3.05) is 26.3 Å². The molecule has 0 N–H and O–H groups in total. The molecule has 3 aliphatic rings. The van der Waals surface area contributed by atoms with Crippen LogP contribution in [0.25, 0.3) is 0 Å². The molecule has 0 aromatic carbocycles. The van der Waals surface area contributed by atoms with Gasteiger partial charge in [0.05, 0.1) is 12.5 Å². The summed E-state index contributed by atoms with van der Waals surface area (Å²) in [5.74, 6) is -0.519. The molecule has 0 aromatic rings. The Kier molecular flexibility index (Phi) is 3.33. The first-order valence-electron chi connectivity index (χ1n) is 7.31. The van der Waals surface area contributed by atoms with Gasteiger partial charge in [0.15, 0.2) is 0 Å². The summed E-state index contributed by atoms with van der Waals surface area (Å²) in [5.41, 5.74) is 0.482. The second-order valence-electron chi connectivity index (χ2n) is 6.58. The second kappa shape index (κ2) is 4.62. The summed E-state index contributed by atoms with van der Waals surface area (Å²) in [6.07, 6.45) is -0.177. The summed E-state index contributed by atoms with van der Waals surface area (Å²) >= 11 is 0. The van der Waals surface area contributed by atoms with Crippen molar-refractivity contribution < 1.29 is 17.9 Å². The predicted octanol–water partition coefficient (Wildman–Crippen LogP) is 3.08. The van der Waals surface area contributed by atoms with Gasteiger partial charge in [-0.25, -0.2) is 0 Å². The first-order chi connectivity index (χ1) is 8.92. The summed E-state index contributed by atoms with van der Waals surface area (Å²) in [7, 11) is 0. The van der Waals surface area contributed by atoms with E-state index in [1.807, 2.05) is 0 Å². The van der Waals surface area contributed by atoms with Crippen molar-refractivity contribution in [3.63, 3.8) is 0 Å². The highest BCUT2D eigenvalue weighted by Gasteiger charge is 2.54. The van der Waals surface area contributed by atoms with E-state index >= 15 is 0 Å². The standard InChI is InChI=1S/C14H22F3NO/c1-10-8-13(10)3-5-18(6-4-13)12-2-7-19-9-11(12)14(15,16)17/h10-12H,2-9H2,1H3/t10?,11-,12-/m1/s1. The van der Waals surface area contributed by atoms with Gasteiger partial charge in [-0.2, -0.15) is 13.2 Å². The van der Waals surface area contributed by atoms with E-state index in [0.717, 1.165) is 31.8 Å². The molecule has 19 heavy (non-hydrogen) atoms. The van der Waals surface area contributed by atoms with Crippen LogP contribution in [0, 0.1) is 17.3 Å². The number of halogens is 3. The van der Waals surface area contributed by atoms with Gasteiger partial charge in [0.1, 0.15) is 0 Å². The van der Waals surface area contributed by atoms with E-state index in [-0.39, 0.29) is 12.6 Å². The van der Waals surface area contributed by atoms with Crippen LogP contribution in [-0.4, -0.2) is 43.4 Å². The van der Waals surface area contributed by atoms with Crippen LogP contribution < -0.4 is 0 Å². The Labute approximate surface area is 112 Å². The molecule has 1 aliphatic carbocycles. The smallest absolute Gasteiger partial charge is 0.381 e. The Bertz CT molecular complexity index is 336. The number of likely N-dealkylation sites (tertiary alicyclic amines) is 1. The number of hydrogen-bond acceptors (Lipinski definition) is 2. The van der Waals surface area contributed by atoms with Crippen molar-refractivity contribution in [1.29, 1.82) is 0 Å². The quantitative estimate of drug-likeness (QED) is 0.730. The minimum Gasteiger partial charge on any atom is -0.381 e. The van der Waals surface area contributed by atoms with Gasteiger partial charge in [0.2, 0.25) is 0 Å². The van der Waals surface area contributed by atoms with Crippen LogP contribution in [0.1, 0.15) is 32.6 Å². The molecule has 0 bridgehead atoms. The summed E-state index contributed by atoms with van der Waals surface area (Å²) in [4.78, 5) is 2.08. The van der Waals surface area contributed by atoms with Crippen LogP contribution in [0.3, 0.4) is 0 Å². The molecule has 0 radical (unpaired) electrons. The Hall–Kier alpha value is -0.290. The van der Waals surface area contributed by atoms with Gasteiger partial charge in [-0.1, -0.05) is 6.92 Å². The topological polar surface area (TPSA) is 12.5 Å². The average Bonchev–Trinajstić information content (AvgIpc) is 2.99. The van der Waals surface area contributed by atoms with Crippen LogP contribution in [0.15, 0.2) is 0 Å². The van der Waals surface area contributed by atoms with Crippen LogP contribution in [0.4, 0.5) is 13.2 Å². The predicted molar refractivity (Wildman–Crippen MR) is 65.8 cm³/mol. The third-order valence-corrected chi connectivity index (χ3v) is 5.60. The zero-order valence-electron chi connectivity index (χ0n) is 11.4. The van der Waals surface area contributed by atoms with Gasteiger partial charge in [-0.05, 0) is 50.1 Å². The lowest BCUT2D eigenvalue weighted by Gasteiger charge is -2.44. The normalized spacial score (nSPS) is 39.5. The fourth-order valence-electron chi connectivity index (χ4n) is 4.03. The van der Waals surface area contributed by atoms with Crippen molar-refractivity contribution in [2.24, 2.45) is 17.3 Å². The Morgan fingerprint density at radius 3 is 2.37 bits per heavy atom. The summed E-state index contributed by atoms with van der Waals surface area (Å²) in [6, 6.07) is -0.361. The maximum absolute atomic E-state index is 13.1. The first kappa shape index (κ1) is 13.7. The lowest BCUT2D eigenvalue weighted by Crippen LogP contribution is -2.53. The van der Waals surface area contributed by atoms with E-state index < -0.39 is 12.1 Å². The highest BCUT2D eigenvalue weighted by atomic mass is 19.4. The summed E-state index contributed by atoms with van der Waals surface area (Å²) in [5, 5.41) is 0. The van der Waals surface area contributed by atoms with E-state index in [0.29, 0.717) is 18.4 Å². The van der Waals surface area contributed by atoms with E-state index in [1.54, 1.807) is 0 Å². The number of piperidine rings is 1. The van der Waals surface area contributed by atoms with Gasteiger partial charge in [0.25, 0.3) is 0 Å². The first-order valence-corrected chi connectivity index (χ1v) is 7.31. The molecule has 5 heteroatoms. The molecule has 1 unspecified atom stereocenters. The van der Waals surface area contributed by atoms with Gasteiger partial charge in [0, 0.05) is 12.6 Å². The summed E-state index contributed by atoms with van der Waals surface area (Å²) in [6.45, 7) is 4.24. The molecule has 0 amide bonds. The molecular weight excluding hydrogens is 255 g/mol. The van der Waals surface area contributed by atoms with Crippen molar-refractivity contribution in [3.8, 4) is 0 Å². The maximum atomic E-state index is 13.1. The minimum atomic E-state index is -4.13. The second-order valence-corrected chi connectivity index (χ2v) is 6.58. The summed E-state index contributed by atoms with van der Waals surface area (Å²) < 4.78 is 44.3. The van der Waals surface area contributed by atoms with Crippen LogP contribution in [-0.2, 0) is 4.74 Å². The van der Waals surface area contributed by atoms with Gasteiger partial charge < -0.3 is 4.74 Å². The molecule has 3 fully saturated rings. The molecule has 2 heterocycles. The van der Waals surface area contributed by atoms with E-state index in [2.05, 4.69) is 11.8 Å². The minimum absolute atomic E-state index is 0.161. The van der Waals surface area contributed by atoms with Gasteiger partial charge >= 0.3 is 6.18 Å². The van der Waals surface area contributed by atoms with Crippen molar-refractivity contribution in [2.45, 2.75) is 44.8 Å². The van der Waals surface area contributed by atoms with Crippen molar-refractivity contribution in [3.05, 3.63) is 0 Å². The molecule has 3 rings (SSSR count). The van der Waals surface area contributed by atoms with Gasteiger partial charge in [-0.3, -0.25) is 4.90 Å². The molecule has 2 saturated heterocycles. The molecule has 2 aliphatic heterocycles. The molecule has 110 valence electrons. The monoisotopic (exact) mass is 277 g/mol. The zero-order chi connectivity index (χ0) is 13.7.